The highest BCUT2D eigenvalue weighted by Gasteiger charge is 2.26. The fourth-order valence-electron chi connectivity index (χ4n) is 3.60. The Morgan fingerprint density at radius 2 is 1.90 bits per heavy atom. The number of amides is 2. The molecule has 0 unspecified atom stereocenters. The number of rotatable bonds is 6. The van der Waals surface area contributed by atoms with E-state index in [1.807, 2.05) is 35.2 Å². The summed E-state index contributed by atoms with van der Waals surface area (Å²) in [6, 6.07) is 14.2. The molecule has 1 saturated heterocycles. The van der Waals surface area contributed by atoms with Gasteiger partial charge in [-0.3, -0.25) is 14.5 Å². The van der Waals surface area contributed by atoms with Crippen molar-refractivity contribution in [3.05, 3.63) is 59.9 Å². The quantitative estimate of drug-likeness (QED) is 0.634. The summed E-state index contributed by atoms with van der Waals surface area (Å²) >= 11 is 1.26. The van der Waals surface area contributed by atoms with Crippen LogP contribution in [0.5, 0.6) is 0 Å². The van der Waals surface area contributed by atoms with Crippen LogP contribution in [0.4, 0.5) is 9.52 Å². The number of fused-ring (bicyclic) bond motifs is 1. The zero-order valence-corrected chi connectivity index (χ0v) is 17.3. The van der Waals surface area contributed by atoms with E-state index in [-0.39, 0.29) is 30.1 Å². The van der Waals surface area contributed by atoms with Gasteiger partial charge in [-0.25, -0.2) is 9.37 Å². The Morgan fingerprint density at radius 3 is 2.67 bits per heavy atom. The van der Waals surface area contributed by atoms with Gasteiger partial charge >= 0.3 is 0 Å². The average molecular weight is 427 g/mol. The van der Waals surface area contributed by atoms with E-state index >= 15 is 0 Å². The molecular formula is C22H23FN4O2S. The molecule has 8 heteroatoms. The summed E-state index contributed by atoms with van der Waals surface area (Å²) in [5.41, 5.74) is 1.75. The van der Waals surface area contributed by atoms with Crippen molar-refractivity contribution in [1.29, 1.82) is 0 Å². The summed E-state index contributed by atoms with van der Waals surface area (Å²) in [6.07, 6.45) is 1.46. The maximum Gasteiger partial charge on any atom is 0.240 e. The average Bonchev–Trinajstić information content (AvgIpc) is 3.14. The number of thiazole rings is 1. The van der Waals surface area contributed by atoms with Gasteiger partial charge in [0.05, 0.1) is 16.8 Å². The molecule has 0 spiro atoms. The van der Waals surface area contributed by atoms with Gasteiger partial charge in [-0.15, -0.1) is 0 Å². The first-order chi connectivity index (χ1) is 14.6. The minimum atomic E-state index is -0.320. The van der Waals surface area contributed by atoms with Crippen LogP contribution in [-0.2, 0) is 16.1 Å². The van der Waals surface area contributed by atoms with E-state index in [2.05, 4.69) is 15.6 Å². The van der Waals surface area contributed by atoms with Gasteiger partial charge in [0.1, 0.15) is 5.82 Å². The van der Waals surface area contributed by atoms with E-state index < -0.39 is 0 Å². The number of carbonyl (C=O) groups is 2. The van der Waals surface area contributed by atoms with Crippen LogP contribution < -0.4 is 10.6 Å². The van der Waals surface area contributed by atoms with Crippen LogP contribution in [0.3, 0.4) is 0 Å². The molecule has 0 saturated carbocycles. The Bertz CT molecular complexity index is 1030. The molecule has 0 atom stereocenters. The van der Waals surface area contributed by atoms with Crippen LogP contribution in [0.25, 0.3) is 10.2 Å². The number of nitrogens with one attached hydrogen (secondary N) is 2. The summed E-state index contributed by atoms with van der Waals surface area (Å²) in [5, 5.41) is 6.27. The first-order valence-electron chi connectivity index (χ1n) is 9.97. The van der Waals surface area contributed by atoms with Gasteiger partial charge in [0.25, 0.3) is 0 Å². The number of aromatic nitrogens is 1. The zero-order valence-electron chi connectivity index (χ0n) is 16.4. The minimum absolute atomic E-state index is 0.0211. The normalized spacial score (nSPS) is 15.2. The van der Waals surface area contributed by atoms with Crippen LogP contribution in [0.2, 0.25) is 0 Å². The third-order valence-corrected chi connectivity index (χ3v) is 6.17. The predicted molar refractivity (Wildman–Crippen MR) is 116 cm³/mol. The monoisotopic (exact) mass is 426 g/mol. The number of hydrogen-bond acceptors (Lipinski definition) is 5. The highest BCUT2D eigenvalue weighted by Crippen LogP contribution is 2.26. The van der Waals surface area contributed by atoms with Crippen molar-refractivity contribution in [2.75, 3.05) is 25.0 Å². The fourth-order valence-corrected chi connectivity index (χ4v) is 4.50. The molecule has 0 aliphatic carbocycles. The van der Waals surface area contributed by atoms with Crippen LogP contribution in [0.1, 0.15) is 18.4 Å². The molecule has 6 nitrogen and oxygen atoms in total. The van der Waals surface area contributed by atoms with Crippen molar-refractivity contribution in [2.24, 2.45) is 5.92 Å². The smallest absolute Gasteiger partial charge is 0.240 e. The number of halogens is 1. The van der Waals surface area contributed by atoms with E-state index in [1.54, 1.807) is 6.07 Å². The van der Waals surface area contributed by atoms with Gasteiger partial charge in [-0.1, -0.05) is 41.7 Å². The number of nitrogens with zero attached hydrogens (tertiary/aromatic N) is 2. The molecule has 0 radical (unpaired) electrons. The molecule has 2 heterocycles. The second-order valence-electron chi connectivity index (χ2n) is 7.43. The van der Waals surface area contributed by atoms with Crippen LogP contribution in [-0.4, -0.2) is 41.3 Å². The molecule has 3 aromatic rings. The maximum atomic E-state index is 13.3. The third-order valence-electron chi connectivity index (χ3n) is 5.23. The highest BCUT2D eigenvalue weighted by molar-refractivity contribution is 7.22. The molecule has 1 aliphatic heterocycles. The largest absolute Gasteiger partial charge is 0.352 e. The second kappa shape index (κ2) is 9.32. The lowest BCUT2D eigenvalue weighted by molar-refractivity contribution is -0.126. The lowest BCUT2D eigenvalue weighted by Gasteiger charge is -2.30. The van der Waals surface area contributed by atoms with Crippen molar-refractivity contribution in [2.45, 2.75) is 19.4 Å². The summed E-state index contributed by atoms with van der Waals surface area (Å²) in [5.74, 6) is -0.418. The minimum Gasteiger partial charge on any atom is -0.352 e. The topological polar surface area (TPSA) is 74.3 Å². The van der Waals surface area contributed by atoms with Gasteiger partial charge in [-0.05, 0) is 49.7 Å². The number of hydrogen-bond donors (Lipinski definition) is 2. The first kappa shape index (κ1) is 20.4. The Balaban J connectivity index is 1.22. The molecule has 156 valence electrons. The standard InChI is InChI=1S/C22H23FN4O2S/c23-17-6-7-18-19(12-17)30-22(25-18)26-20(28)14-27-10-8-16(9-11-27)21(29)24-13-15-4-2-1-3-5-15/h1-7,12,16H,8-11,13-14H2,(H,24,29)(H,25,26,28). The lowest BCUT2D eigenvalue weighted by Crippen LogP contribution is -2.43. The number of piperidine rings is 1. The van der Waals surface area contributed by atoms with Gasteiger partial charge in [0.2, 0.25) is 11.8 Å². The molecule has 1 fully saturated rings. The Labute approximate surface area is 178 Å². The third kappa shape index (κ3) is 5.20. The molecule has 0 bridgehead atoms. The van der Waals surface area contributed by atoms with Crippen molar-refractivity contribution in [3.8, 4) is 0 Å². The Morgan fingerprint density at radius 1 is 1.13 bits per heavy atom. The Kier molecular flexibility index (Phi) is 6.35. The van der Waals surface area contributed by atoms with Gasteiger partial charge in [0, 0.05) is 12.5 Å². The molecule has 2 N–H and O–H groups in total. The predicted octanol–water partition coefficient (Wildman–Crippen LogP) is 3.40. The maximum absolute atomic E-state index is 13.3. The number of anilines is 1. The highest BCUT2D eigenvalue weighted by atomic mass is 32.1. The van der Waals surface area contributed by atoms with Crippen molar-refractivity contribution in [3.63, 3.8) is 0 Å². The molecule has 2 amide bonds. The summed E-state index contributed by atoms with van der Waals surface area (Å²) in [7, 11) is 0. The first-order valence-corrected chi connectivity index (χ1v) is 10.8. The molecule has 4 rings (SSSR count). The summed E-state index contributed by atoms with van der Waals surface area (Å²) in [6.45, 7) is 2.18. The summed E-state index contributed by atoms with van der Waals surface area (Å²) in [4.78, 5) is 31.1. The van der Waals surface area contributed by atoms with Gasteiger partial charge in [-0.2, -0.15) is 0 Å². The van der Waals surface area contributed by atoms with E-state index in [0.29, 0.717) is 35.0 Å². The SMILES string of the molecule is O=C(CN1CCC(C(=O)NCc2ccccc2)CC1)Nc1nc2ccc(F)cc2s1. The van der Waals surface area contributed by atoms with Crippen LogP contribution in [0, 0.1) is 11.7 Å². The van der Waals surface area contributed by atoms with Crippen LogP contribution >= 0.6 is 11.3 Å². The molecule has 1 aromatic heterocycles. The van der Waals surface area contributed by atoms with E-state index in [1.165, 1.54) is 23.5 Å². The Hall–Kier alpha value is -2.84. The summed E-state index contributed by atoms with van der Waals surface area (Å²) < 4.78 is 14.0. The zero-order chi connectivity index (χ0) is 20.9. The number of likely N-dealkylation sites (tertiary alicyclic amines) is 1. The van der Waals surface area contributed by atoms with Crippen molar-refractivity contribution >= 4 is 38.5 Å². The second-order valence-corrected chi connectivity index (χ2v) is 8.46. The fraction of sp³-hybridized carbons (Fsp3) is 0.318. The number of carbonyl (C=O) groups excluding carboxylic acids is 2. The lowest BCUT2D eigenvalue weighted by atomic mass is 9.96. The molecule has 2 aromatic carbocycles. The molecule has 1 aliphatic rings. The van der Waals surface area contributed by atoms with Gasteiger partial charge in [0.15, 0.2) is 5.13 Å². The van der Waals surface area contributed by atoms with Crippen LogP contribution in [0.15, 0.2) is 48.5 Å². The van der Waals surface area contributed by atoms with Crippen molar-refractivity contribution in [1.82, 2.24) is 15.2 Å². The van der Waals surface area contributed by atoms with E-state index in [4.69, 9.17) is 0 Å². The van der Waals surface area contributed by atoms with Crippen molar-refractivity contribution < 1.29 is 14.0 Å². The van der Waals surface area contributed by atoms with Gasteiger partial charge < -0.3 is 10.6 Å². The van der Waals surface area contributed by atoms with E-state index in [9.17, 15) is 14.0 Å². The molecule has 30 heavy (non-hydrogen) atoms. The van der Waals surface area contributed by atoms with E-state index in [0.717, 1.165) is 18.4 Å². The number of benzene rings is 2. The molecular weight excluding hydrogens is 403 g/mol.